The van der Waals surface area contributed by atoms with Crippen LogP contribution in [0.25, 0.3) is 0 Å². The Kier molecular flexibility index (Phi) is 7.15. The van der Waals surface area contributed by atoms with E-state index in [4.69, 9.17) is 16.3 Å². The molecule has 0 aromatic heterocycles. The molecule has 2 rings (SSSR count). The van der Waals surface area contributed by atoms with E-state index in [-0.39, 0.29) is 24.3 Å². The number of benzene rings is 2. The Labute approximate surface area is 150 Å². The lowest BCUT2D eigenvalue weighted by molar-refractivity contribution is -0.146. The molecule has 1 amide bonds. The van der Waals surface area contributed by atoms with Gasteiger partial charge in [-0.15, -0.1) is 11.8 Å². The van der Waals surface area contributed by atoms with Crippen molar-refractivity contribution in [1.82, 2.24) is 5.32 Å². The quantitative estimate of drug-likeness (QED) is 0.599. The van der Waals surface area contributed by atoms with Gasteiger partial charge in [0.05, 0.1) is 11.8 Å². The second-order valence-corrected chi connectivity index (χ2v) is 6.59. The summed E-state index contributed by atoms with van der Waals surface area (Å²) in [6.45, 7) is 1.60. The second kappa shape index (κ2) is 9.35. The van der Waals surface area contributed by atoms with Crippen LogP contribution >= 0.6 is 23.4 Å². The summed E-state index contributed by atoms with van der Waals surface area (Å²) in [5.41, 5.74) is 0.996. The van der Waals surface area contributed by atoms with E-state index in [2.05, 4.69) is 5.32 Å². The van der Waals surface area contributed by atoms with Crippen molar-refractivity contribution in [1.29, 1.82) is 0 Å². The summed E-state index contributed by atoms with van der Waals surface area (Å²) in [6.07, 6.45) is 0. The van der Waals surface area contributed by atoms with Crippen molar-refractivity contribution in [2.45, 2.75) is 17.9 Å². The normalized spacial score (nSPS) is 11.6. The van der Waals surface area contributed by atoms with Crippen LogP contribution in [-0.4, -0.2) is 24.2 Å². The Bertz CT molecular complexity index is 676. The highest BCUT2D eigenvalue weighted by Gasteiger charge is 2.12. The van der Waals surface area contributed by atoms with Crippen LogP contribution in [0.15, 0.2) is 59.5 Å². The number of thioether (sulfide) groups is 1. The molecule has 2 aromatic rings. The second-order valence-electron chi connectivity index (χ2n) is 5.10. The van der Waals surface area contributed by atoms with Gasteiger partial charge in [0.2, 0.25) is 0 Å². The molecule has 0 radical (unpaired) electrons. The van der Waals surface area contributed by atoms with Crippen molar-refractivity contribution in [2.24, 2.45) is 0 Å². The minimum absolute atomic E-state index is 0.138. The summed E-state index contributed by atoms with van der Waals surface area (Å²) in [5, 5.41) is 3.44. The highest BCUT2D eigenvalue weighted by atomic mass is 35.5. The molecule has 0 aliphatic heterocycles. The summed E-state index contributed by atoms with van der Waals surface area (Å²) < 4.78 is 4.99. The molecule has 0 heterocycles. The summed E-state index contributed by atoms with van der Waals surface area (Å²) in [4.78, 5) is 24.4. The van der Waals surface area contributed by atoms with E-state index in [1.54, 1.807) is 12.1 Å². The van der Waals surface area contributed by atoms with E-state index in [1.165, 1.54) is 11.8 Å². The number of nitrogens with one attached hydrogen (secondary N) is 1. The first-order valence-corrected chi connectivity index (χ1v) is 8.79. The van der Waals surface area contributed by atoms with Crippen LogP contribution in [0.5, 0.6) is 0 Å². The third-order valence-corrected chi connectivity index (χ3v) is 4.45. The molecule has 1 N–H and O–H groups in total. The predicted molar refractivity (Wildman–Crippen MR) is 96.1 cm³/mol. The van der Waals surface area contributed by atoms with Crippen LogP contribution < -0.4 is 5.32 Å². The van der Waals surface area contributed by atoms with Gasteiger partial charge in [-0.25, -0.2) is 0 Å². The Balaban J connectivity index is 1.69. The number of rotatable bonds is 7. The van der Waals surface area contributed by atoms with E-state index in [1.807, 2.05) is 49.4 Å². The van der Waals surface area contributed by atoms with Gasteiger partial charge in [-0.05, 0) is 36.8 Å². The lowest BCUT2D eigenvalue weighted by atomic mass is 10.1. The highest BCUT2D eigenvalue weighted by Crippen LogP contribution is 2.20. The maximum atomic E-state index is 11.8. The number of halogens is 1. The Morgan fingerprint density at radius 1 is 1.12 bits per heavy atom. The molecule has 6 heteroatoms. The van der Waals surface area contributed by atoms with E-state index in [0.717, 1.165) is 10.5 Å². The number of hydrogen-bond acceptors (Lipinski definition) is 4. The molecular weight excluding hydrogens is 346 g/mol. The smallest absolute Gasteiger partial charge is 0.316 e. The minimum Gasteiger partial charge on any atom is -0.455 e. The molecule has 126 valence electrons. The molecule has 1 unspecified atom stereocenters. The van der Waals surface area contributed by atoms with Gasteiger partial charge in [0, 0.05) is 9.92 Å². The first kappa shape index (κ1) is 18.4. The van der Waals surface area contributed by atoms with Gasteiger partial charge in [-0.2, -0.15) is 0 Å². The first-order valence-electron chi connectivity index (χ1n) is 7.43. The van der Waals surface area contributed by atoms with Crippen LogP contribution in [0, 0.1) is 0 Å². The number of amides is 1. The van der Waals surface area contributed by atoms with E-state index in [9.17, 15) is 9.59 Å². The molecule has 0 aliphatic rings. The molecule has 0 bridgehead atoms. The average Bonchev–Trinajstić information content (AvgIpc) is 2.60. The lowest BCUT2D eigenvalue weighted by Gasteiger charge is -2.14. The summed E-state index contributed by atoms with van der Waals surface area (Å²) in [7, 11) is 0. The van der Waals surface area contributed by atoms with Crippen LogP contribution in [0.2, 0.25) is 5.02 Å². The Morgan fingerprint density at radius 2 is 1.79 bits per heavy atom. The fourth-order valence-electron chi connectivity index (χ4n) is 1.97. The van der Waals surface area contributed by atoms with Crippen molar-refractivity contribution >= 4 is 35.2 Å². The molecule has 0 aliphatic carbocycles. The number of carbonyl (C=O) groups excluding carboxylic acids is 2. The maximum Gasteiger partial charge on any atom is 0.316 e. The average molecular weight is 364 g/mol. The summed E-state index contributed by atoms with van der Waals surface area (Å²) in [5.74, 6) is -0.614. The molecular formula is C18H18ClNO3S. The predicted octanol–water partition coefficient (Wildman–Crippen LogP) is 3.85. The minimum atomic E-state index is -0.433. The van der Waals surface area contributed by atoms with Gasteiger partial charge in [-0.1, -0.05) is 41.9 Å². The molecule has 4 nitrogen and oxygen atoms in total. The molecule has 0 spiro atoms. The van der Waals surface area contributed by atoms with Crippen LogP contribution in [-0.2, 0) is 14.3 Å². The molecule has 0 saturated carbocycles. The standard InChI is InChI=1S/C18H18ClNO3S/c1-13(14-5-3-2-4-6-14)20-17(21)11-23-18(22)12-24-16-9-7-15(19)8-10-16/h2-10,13H,11-12H2,1H3,(H,20,21). The molecule has 2 aromatic carbocycles. The Morgan fingerprint density at radius 3 is 2.46 bits per heavy atom. The van der Waals surface area contributed by atoms with Crippen molar-refractivity contribution < 1.29 is 14.3 Å². The third kappa shape index (κ3) is 6.26. The van der Waals surface area contributed by atoms with E-state index in [0.29, 0.717) is 5.02 Å². The van der Waals surface area contributed by atoms with Gasteiger partial charge >= 0.3 is 5.97 Å². The third-order valence-electron chi connectivity index (χ3n) is 3.21. The van der Waals surface area contributed by atoms with E-state index >= 15 is 0 Å². The van der Waals surface area contributed by atoms with Crippen molar-refractivity contribution in [3.8, 4) is 0 Å². The van der Waals surface area contributed by atoms with Gasteiger partial charge in [0.25, 0.3) is 5.91 Å². The maximum absolute atomic E-state index is 11.8. The largest absolute Gasteiger partial charge is 0.455 e. The molecule has 0 saturated heterocycles. The van der Waals surface area contributed by atoms with Crippen molar-refractivity contribution in [3.63, 3.8) is 0 Å². The van der Waals surface area contributed by atoms with Crippen LogP contribution in [0.4, 0.5) is 0 Å². The molecule has 24 heavy (non-hydrogen) atoms. The number of carbonyl (C=O) groups is 2. The van der Waals surface area contributed by atoms with Crippen LogP contribution in [0.3, 0.4) is 0 Å². The summed E-state index contributed by atoms with van der Waals surface area (Å²) in [6, 6.07) is 16.6. The molecule has 0 fully saturated rings. The number of ether oxygens (including phenoxy) is 1. The van der Waals surface area contributed by atoms with Gasteiger partial charge in [0.15, 0.2) is 6.61 Å². The van der Waals surface area contributed by atoms with Gasteiger partial charge in [0.1, 0.15) is 0 Å². The fraction of sp³-hybridized carbons (Fsp3) is 0.222. The Hall–Kier alpha value is -1.98. The van der Waals surface area contributed by atoms with Crippen LogP contribution in [0.1, 0.15) is 18.5 Å². The zero-order valence-electron chi connectivity index (χ0n) is 13.2. The molecule has 1 atom stereocenters. The number of hydrogen-bond donors (Lipinski definition) is 1. The number of esters is 1. The highest BCUT2D eigenvalue weighted by molar-refractivity contribution is 8.00. The summed E-state index contributed by atoms with van der Waals surface area (Å²) >= 11 is 7.13. The monoisotopic (exact) mass is 363 g/mol. The zero-order chi connectivity index (χ0) is 17.4. The van der Waals surface area contributed by atoms with Gasteiger partial charge < -0.3 is 10.1 Å². The van der Waals surface area contributed by atoms with E-state index < -0.39 is 5.97 Å². The SMILES string of the molecule is CC(NC(=O)COC(=O)CSc1ccc(Cl)cc1)c1ccccc1. The van der Waals surface area contributed by atoms with Gasteiger partial charge in [-0.3, -0.25) is 9.59 Å². The first-order chi connectivity index (χ1) is 11.5. The lowest BCUT2D eigenvalue weighted by Crippen LogP contribution is -2.31. The van der Waals surface area contributed by atoms with Crippen molar-refractivity contribution in [3.05, 3.63) is 65.2 Å². The zero-order valence-corrected chi connectivity index (χ0v) is 14.8. The fourth-order valence-corrected chi connectivity index (χ4v) is 2.79. The topological polar surface area (TPSA) is 55.4 Å². The van der Waals surface area contributed by atoms with Crippen molar-refractivity contribution in [2.75, 3.05) is 12.4 Å².